The molecule has 4 heteroatoms. The molecule has 10 heavy (non-hydrogen) atoms. The molecule has 54 valence electrons. The molecule has 0 saturated heterocycles. The van der Waals surface area contributed by atoms with E-state index >= 15 is 0 Å². The Labute approximate surface area is 77.2 Å². The molecular weight excluding hydrogens is 237 g/mol. The minimum absolute atomic E-state index is 0.487. The summed E-state index contributed by atoms with van der Waals surface area (Å²) >= 11 is 14.6. The number of benzene rings is 1. The molecule has 0 heterocycles. The van der Waals surface area contributed by atoms with Crippen LogP contribution in [0.25, 0.3) is 0 Å². The average molecular weight is 241 g/mol. The van der Waals surface area contributed by atoms with Crippen molar-refractivity contribution in [3.8, 4) is 0 Å². The van der Waals surface area contributed by atoms with Crippen LogP contribution in [0.15, 0.2) is 16.6 Å². The number of halogens is 3. The van der Waals surface area contributed by atoms with Crippen molar-refractivity contribution < 1.29 is 0 Å². The fourth-order valence-corrected chi connectivity index (χ4v) is 1.52. The first-order chi connectivity index (χ1) is 4.61. The molecule has 2 N–H and O–H groups in total. The SMILES string of the molecule is Nc1cc(Cl)cc(Br)c1Cl. The lowest BCUT2D eigenvalue weighted by Crippen LogP contribution is -1.85. The Kier molecular flexibility index (Phi) is 2.45. The van der Waals surface area contributed by atoms with Crippen molar-refractivity contribution >= 4 is 44.8 Å². The lowest BCUT2D eigenvalue weighted by atomic mass is 10.3. The fourth-order valence-electron chi connectivity index (χ4n) is 0.576. The van der Waals surface area contributed by atoms with Crippen LogP contribution >= 0.6 is 39.1 Å². The largest absolute Gasteiger partial charge is 0.397 e. The van der Waals surface area contributed by atoms with Gasteiger partial charge < -0.3 is 5.73 Å². The zero-order valence-electron chi connectivity index (χ0n) is 4.87. The third kappa shape index (κ3) is 1.57. The van der Waals surface area contributed by atoms with Crippen LogP contribution in [0.4, 0.5) is 5.69 Å². The Morgan fingerprint density at radius 3 is 2.40 bits per heavy atom. The molecule has 1 nitrogen and oxygen atoms in total. The van der Waals surface area contributed by atoms with Gasteiger partial charge in [0.25, 0.3) is 0 Å². The summed E-state index contributed by atoms with van der Waals surface area (Å²) in [5.74, 6) is 0. The second-order valence-electron chi connectivity index (χ2n) is 1.79. The van der Waals surface area contributed by atoms with Gasteiger partial charge in [-0.3, -0.25) is 0 Å². The topological polar surface area (TPSA) is 26.0 Å². The summed E-state index contributed by atoms with van der Waals surface area (Å²) in [6, 6.07) is 3.30. The maximum atomic E-state index is 5.72. The first-order valence-electron chi connectivity index (χ1n) is 2.51. The van der Waals surface area contributed by atoms with E-state index in [9.17, 15) is 0 Å². The van der Waals surface area contributed by atoms with Crippen molar-refractivity contribution in [3.05, 3.63) is 26.7 Å². The molecule has 0 aromatic heterocycles. The predicted octanol–water partition coefficient (Wildman–Crippen LogP) is 3.34. The van der Waals surface area contributed by atoms with Gasteiger partial charge in [0.1, 0.15) is 0 Å². The van der Waals surface area contributed by atoms with Gasteiger partial charge in [-0.05, 0) is 28.1 Å². The van der Waals surface area contributed by atoms with Crippen molar-refractivity contribution in [2.75, 3.05) is 5.73 Å². The van der Waals surface area contributed by atoms with Gasteiger partial charge >= 0.3 is 0 Å². The monoisotopic (exact) mass is 239 g/mol. The van der Waals surface area contributed by atoms with Crippen molar-refractivity contribution in [1.29, 1.82) is 0 Å². The summed E-state index contributed by atoms with van der Waals surface area (Å²) in [5.41, 5.74) is 5.96. The van der Waals surface area contributed by atoms with E-state index in [0.717, 1.165) is 4.47 Å². The third-order valence-electron chi connectivity index (χ3n) is 1.02. The van der Waals surface area contributed by atoms with Crippen molar-refractivity contribution in [1.82, 2.24) is 0 Å². The van der Waals surface area contributed by atoms with Gasteiger partial charge in [0.15, 0.2) is 0 Å². The highest BCUT2D eigenvalue weighted by Gasteiger charge is 2.01. The van der Waals surface area contributed by atoms with Crippen LogP contribution in [0.1, 0.15) is 0 Å². The van der Waals surface area contributed by atoms with Crippen molar-refractivity contribution in [2.45, 2.75) is 0 Å². The molecule has 0 bridgehead atoms. The van der Waals surface area contributed by atoms with E-state index in [1.54, 1.807) is 12.1 Å². The number of anilines is 1. The predicted molar refractivity (Wildman–Crippen MR) is 48.6 cm³/mol. The maximum Gasteiger partial charge on any atom is 0.0778 e. The van der Waals surface area contributed by atoms with E-state index in [4.69, 9.17) is 28.9 Å². The zero-order chi connectivity index (χ0) is 7.72. The number of rotatable bonds is 0. The average Bonchev–Trinajstić information content (AvgIpc) is 1.82. The quantitative estimate of drug-likeness (QED) is 0.547. The molecule has 0 aliphatic heterocycles. The van der Waals surface area contributed by atoms with Gasteiger partial charge in [-0.2, -0.15) is 0 Å². The van der Waals surface area contributed by atoms with Gasteiger partial charge in [-0.1, -0.05) is 23.2 Å². The standard InChI is InChI=1S/C6H4BrCl2N/c7-4-1-3(8)2-5(10)6(4)9/h1-2H,10H2. The van der Waals surface area contributed by atoms with Gasteiger partial charge in [-0.25, -0.2) is 0 Å². The van der Waals surface area contributed by atoms with Crippen molar-refractivity contribution in [2.24, 2.45) is 0 Å². The highest BCUT2D eigenvalue weighted by molar-refractivity contribution is 9.10. The molecule has 0 fully saturated rings. The summed E-state index contributed by atoms with van der Waals surface area (Å²) in [4.78, 5) is 0. The second-order valence-corrected chi connectivity index (χ2v) is 3.46. The minimum atomic E-state index is 0.487. The van der Waals surface area contributed by atoms with Gasteiger partial charge in [-0.15, -0.1) is 0 Å². The van der Waals surface area contributed by atoms with Gasteiger partial charge in [0, 0.05) is 9.50 Å². The maximum absolute atomic E-state index is 5.72. The molecule has 1 aromatic rings. The number of hydrogen-bond acceptors (Lipinski definition) is 1. The Bertz CT molecular complexity index is 239. The normalized spacial score (nSPS) is 9.90. The highest BCUT2D eigenvalue weighted by Crippen LogP contribution is 2.31. The molecule has 0 amide bonds. The molecule has 0 unspecified atom stereocenters. The Morgan fingerprint density at radius 2 is 1.90 bits per heavy atom. The van der Waals surface area contributed by atoms with E-state index in [-0.39, 0.29) is 0 Å². The highest BCUT2D eigenvalue weighted by atomic mass is 79.9. The van der Waals surface area contributed by atoms with Crippen molar-refractivity contribution in [3.63, 3.8) is 0 Å². The summed E-state index contributed by atoms with van der Waals surface area (Å²) in [7, 11) is 0. The first kappa shape index (κ1) is 8.18. The second kappa shape index (κ2) is 2.99. The molecular formula is C6H4BrCl2N. The van der Waals surface area contributed by atoms with Crippen LogP contribution in [-0.2, 0) is 0 Å². The van der Waals surface area contributed by atoms with Crippen LogP contribution in [-0.4, -0.2) is 0 Å². The molecule has 0 aliphatic rings. The van der Waals surface area contributed by atoms with E-state index in [1.165, 1.54) is 0 Å². The molecule has 1 aromatic carbocycles. The zero-order valence-corrected chi connectivity index (χ0v) is 7.96. The Balaban J connectivity index is 3.31. The van der Waals surface area contributed by atoms with E-state index in [0.29, 0.717) is 15.7 Å². The lowest BCUT2D eigenvalue weighted by Gasteiger charge is -1.99. The van der Waals surface area contributed by atoms with Crippen LogP contribution in [0.2, 0.25) is 10.0 Å². The van der Waals surface area contributed by atoms with E-state index in [2.05, 4.69) is 15.9 Å². The van der Waals surface area contributed by atoms with Gasteiger partial charge in [0.05, 0.1) is 10.7 Å². The minimum Gasteiger partial charge on any atom is -0.397 e. The number of nitrogen functional groups attached to an aromatic ring is 1. The molecule has 0 radical (unpaired) electrons. The fraction of sp³-hybridized carbons (Fsp3) is 0. The third-order valence-corrected chi connectivity index (χ3v) is 2.51. The summed E-state index contributed by atoms with van der Waals surface area (Å²) < 4.78 is 0.721. The first-order valence-corrected chi connectivity index (χ1v) is 4.06. The molecule has 0 spiro atoms. The van der Waals surface area contributed by atoms with Crippen LogP contribution in [0.3, 0.4) is 0 Å². The molecule has 1 rings (SSSR count). The van der Waals surface area contributed by atoms with E-state index < -0.39 is 0 Å². The summed E-state index contributed by atoms with van der Waals surface area (Å²) in [6.45, 7) is 0. The van der Waals surface area contributed by atoms with Crippen LogP contribution < -0.4 is 5.73 Å². The Morgan fingerprint density at radius 1 is 1.30 bits per heavy atom. The van der Waals surface area contributed by atoms with Crippen LogP contribution in [0.5, 0.6) is 0 Å². The Hall–Kier alpha value is 0.0800. The molecule has 0 aliphatic carbocycles. The smallest absolute Gasteiger partial charge is 0.0778 e. The molecule has 0 atom stereocenters. The lowest BCUT2D eigenvalue weighted by molar-refractivity contribution is 1.63. The summed E-state index contributed by atoms with van der Waals surface area (Å²) in [6.07, 6.45) is 0. The summed E-state index contributed by atoms with van der Waals surface area (Å²) in [5, 5.41) is 1.08. The van der Waals surface area contributed by atoms with Crippen LogP contribution in [0, 0.1) is 0 Å². The number of hydrogen-bond donors (Lipinski definition) is 1. The van der Waals surface area contributed by atoms with Gasteiger partial charge in [0.2, 0.25) is 0 Å². The molecule has 0 saturated carbocycles. The van der Waals surface area contributed by atoms with E-state index in [1.807, 2.05) is 0 Å². The number of nitrogens with two attached hydrogens (primary N) is 1.